The Balaban J connectivity index is 1.73. The van der Waals surface area contributed by atoms with Crippen molar-refractivity contribution in [1.82, 2.24) is 19.8 Å². The molecule has 21 heavy (non-hydrogen) atoms. The number of fused-ring (bicyclic) bond motifs is 1. The molecule has 3 aromatic rings. The number of hydrogen-bond acceptors (Lipinski definition) is 5. The predicted octanol–water partition coefficient (Wildman–Crippen LogP) is 3.09. The highest BCUT2D eigenvalue weighted by atomic mass is 32.1. The molecule has 1 aliphatic heterocycles. The van der Waals surface area contributed by atoms with E-state index < -0.39 is 0 Å². The van der Waals surface area contributed by atoms with E-state index in [0.29, 0.717) is 0 Å². The van der Waals surface area contributed by atoms with Crippen molar-refractivity contribution in [3.8, 4) is 11.4 Å². The summed E-state index contributed by atoms with van der Waals surface area (Å²) in [7, 11) is 0. The molecule has 0 aliphatic carbocycles. The fraction of sp³-hybridized carbons (Fsp3) is 0.400. The van der Waals surface area contributed by atoms with Gasteiger partial charge in [-0.2, -0.15) is 15.9 Å². The number of hydrogen-bond donors (Lipinski definition) is 0. The van der Waals surface area contributed by atoms with Crippen molar-refractivity contribution >= 4 is 22.8 Å². The van der Waals surface area contributed by atoms with Crippen molar-refractivity contribution in [3.05, 3.63) is 29.0 Å². The molecule has 0 amide bonds. The highest BCUT2D eigenvalue weighted by Crippen LogP contribution is 2.24. The van der Waals surface area contributed by atoms with Crippen LogP contribution in [0.2, 0.25) is 0 Å². The standard InChI is InChI=1S/C15H17N5S/c1-11-4-7-19(8-5-11)14-3-2-13-16-17-15(20(13)18-14)12-6-9-21-10-12/h2-3,6,9-11H,4-5,7-8H2,1H3. The van der Waals surface area contributed by atoms with Crippen molar-refractivity contribution in [2.45, 2.75) is 19.8 Å². The Bertz CT molecular complexity index is 741. The van der Waals surface area contributed by atoms with E-state index in [1.165, 1.54) is 12.8 Å². The van der Waals surface area contributed by atoms with Gasteiger partial charge < -0.3 is 4.90 Å². The van der Waals surface area contributed by atoms with Gasteiger partial charge in [0.15, 0.2) is 11.5 Å². The Morgan fingerprint density at radius 1 is 1.14 bits per heavy atom. The number of thiophene rings is 1. The lowest BCUT2D eigenvalue weighted by atomic mass is 9.99. The highest BCUT2D eigenvalue weighted by molar-refractivity contribution is 7.08. The van der Waals surface area contributed by atoms with Crippen molar-refractivity contribution in [1.29, 1.82) is 0 Å². The number of anilines is 1. The maximum atomic E-state index is 4.76. The third kappa shape index (κ3) is 2.29. The van der Waals surface area contributed by atoms with Crippen LogP contribution in [0.1, 0.15) is 19.8 Å². The summed E-state index contributed by atoms with van der Waals surface area (Å²) in [5.41, 5.74) is 1.87. The van der Waals surface area contributed by atoms with Gasteiger partial charge in [-0.25, -0.2) is 0 Å². The second-order valence-electron chi connectivity index (χ2n) is 5.67. The minimum atomic E-state index is 0.797. The SMILES string of the molecule is CC1CCN(c2ccc3nnc(-c4ccsc4)n3n2)CC1. The number of rotatable bonds is 2. The van der Waals surface area contributed by atoms with E-state index in [4.69, 9.17) is 5.10 Å². The monoisotopic (exact) mass is 299 g/mol. The lowest BCUT2D eigenvalue weighted by Crippen LogP contribution is -2.33. The van der Waals surface area contributed by atoms with E-state index in [1.54, 1.807) is 11.3 Å². The maximum Gasteiger partial charge on any atom is 0.186 e. The van der Waals surface area contributed by atoms with Gasteiger partial charge >= 0.3 is 0 Å². The third-order valence-electron chi connectivity index (χ3n) is 4.14. The number of aromatic nitrogens is 4. The van der Waals surface area contributed by atoms with Crippen molar-refractivity contribution in [3.63, 3.8) is 0 Å². The topological polar surface area (TPSA) is 46.3 Å². The summed E-state index contributed by atoms with van der Waals surface area (Å²) in [4.78, 5) is 2.36. The molecule has 0 aromatic carbocycles. The summed E-state index contributed by atoms with van der Waals surface area (Å²) in [6.07, 6.45) is 2.47. The van der Waals surface area contributed by atoms with Gasteiger partial charge in [-0.1, -0.05) is 6.92 Å². The zero-order valence-corrected chi connectivity index (χ0v) is 12.8. The molecule has 1 saturated heterocycles. The van der Waals surface area contributed by atoms with Crippen molar-refractivity contribution in [2.24, 2.45) is 5.92 Å². The average molecular weight is 299 g/mol. The maximum absolute atomic E-state index is 4.76. The van der Waals surface area contributed by atoms with E-state index in [1.807, 2.05) is 16.0 Å². The first-order chi connectivity index (χ1) is 10.3. The van der Waals surface area contributed by atoms with Crippen molar-refractivity contribution in [2.75, 3.05) is 18.0 Å². The molecule has 1 aliphatic rings. The minimum absolute atomic E-state index is 0.797. The van der Waals surface area contributed by atoms with Gasteiger partial charge in [0.05, 0.1) is 0 Å². The second kappa shape index (κ2) is 5.11. The summed E-state index contributed by atoms with van der Waals surface area (Å²) < 4.78 is 1.86. The molecule has 0 bridgehead atoms. The lowest BCUT2D eigenvalue weighted by Gasteiger charge is -2.30. The summed E-state index contributed by atoms with van der Waals surface area (Å²) >= 11 is 1.66. The number of piperidine rings is 1. The summed E-state index contributed by atoms with van der Waals surface area (Å²) in [5, 5.41) is 17.4. The van der Waals surface area contributed by atoms with Crippen LogP contribution in [0.25, 0.3) is 17.0 Å². The molecule has 0 atom stereocenters. The van der Waals surface area contributed by atoms with E-state index in [0.717, 1.165) is 41.9 Å². The van der Waals surface area contributed by atoms with E-state index in [9.17, 15) is 0 Å². The van der Waals surface area contributed by atoms with Gasteiger partial charge in [-0.3, -0.25) is 0 Å². The fourth-order valence-electron chi connectivity index (χ4n) is 2.76. The van der Waals surface area contributed by atoms with Crippen LogP contribution in [0.4, 0.5) is 5.82 Å². The van der Waals surface area contributed by atoms with Crippen LogP contribution in [-0.4, -0.2) is 32.9 Å². The molecule has 0 spiro atoms. The first-order valence-electron chi connectivity index (χ1n) is 7.31. The third-order valence-corrected chi connectivity index (χ3v) is 4.82. The first kappa shape index (κ1) is 12.8. The zero-order chi connectivity index (χ0) is 14.2. The van der Waals surface area contributed by atoms with Gasteiger partial charge in [0, 0.05) is 24.0 Å². The van der Waals surface area contributed by atoms with Crippen LogP contribution in [0.5, 0.6) is 0 Å². The van der Waals surface area contributed by atoms with Crippen LogP contribution in [-0.2, 0) is 0 Å². The van der Waals surface area contributed by atoms with Gasteiger partial charge in [-0.05, 0) is 42.3 Å². The van der Waals surface area contributed by atoms with Crippen molar-refractivity contribution < 1.29 is 0 Å². The highest BCUT2D eigenvalue weighted by Gasteiger charge is 2.18. The summed E-state index contributed by atoms with van der Waals surface area (Å²) in [6, 6.07) is 6.11. The Morgan fingerprint density at radius 3 is 2.76 bits per heavy atom. The summed E-state index contributed by atoms with van der Waals surface area (Å²) in [6.45, 7) is 4.48. The lowest BCUT2D eigenvalue weighted by molar-refractivity contribution is 0.435. The Morgan fingerprint density at radius 2 is 2.00 bits per heavy atom. The minimum Gasteiger partial charge on any atom is -0.355 e. The molecule has 0 radical (unpaired) electrons. The molecule has 4 rings (SSSR count). The molecule has 108 valence electrons. The van der Waals surface area contributed by atoms with Crippen LogP contribution >= 0.6 is 11.3 Å². The molecule has 6 heteroatoms. The van der Waals surface area contributed by atoms with E-state index >= 15 is 0 Å². The zero-order valence-electron chi connectivity index (χ0n) is 11.9. The molecule has 0 unspecified atom stereocenters. The van der Waals surface area contributed by atoms with Gasteiger partial charge in [-0.15, -0.1) is 15.3 Å². The van der Waals surface area contributed by atoms with Crippen LogP contribution in [0.15, 0.2) is 29.0 Å². The fourth-order valence-corrected chi connectivity index (χ4v) is 3.39. The normalized spacial score (nSPS) is 16.7. The largest absolute Gasteiger partial charge is 0.355 e. The average Bonchev–Trinajstić information content (AvgIpc) is 3.16. The van der Waals surface area contributed by atoms with Crippen LogP contribution in [0, 0.1) is 5.92 Å². The molecular weight excluding hydrogens is 282 g/mol. The Labute approximate surface area is 127 Å². The second-order valence-corrected chi connectivity index (χ2v) is 6.45. The predicted molar refractivity (Wildman–Crippen MR) is 84.7 cm³/mol. The molecule has 0 N–H and O–H groups in total. The number of nitrogens with zero attached hydrogens (tertiary/aromatic N) is 5. The Kier molecular flexibility index (Phi) is 3.11. The molecule has 0 saturated carbocycles. The van der Waals surface area contributed by atoms with E-state index in [-0.39, 0.29) is 0 Å². The smallest absolute Gasteiger partial charge is 0.186 e. The molecule has 1 fully saturated rings. The molecular formula is C15H17N5S. The van der Waals surface area contributed by atoms with Crippen LogP contribution in [0.3, 0.4) is 0 Å². The molecule has 5 nitrogen and oxygen atoms in total. The van der Waals surface area contributed by atoms with Gasteiger partial charge in [0.1, 0.15) is 5.82 Å². The molecule has 3 aromatic heterocycles. The first-order valence-corrected chi connectivity index (χ1v) is 8.25. The van der Waals surface area contributed by atoms with Crippen LogP contribution < -0.4 is 4.90 Å². The van der Waals surface area contributed by atoms with Gasteiger partial charge in [0.25, 0.3) is 0 Å². The Hall–Kier alpha value is -1.95. The van der Waals surface area contributed by atoms with Gasteiger partial charge in [0.2, 0.25) is 0 Å². The summed E-state index contributed by atoms with van der Waals surface area (Å²) in [5.74, 6) is 2.66. The quantitative estimate of drug-likeness (QED) is 0.729. The molecule has 4 heterocycles. The van der Waals surface area contributed by atoms with E-state index in [2.05, 4.69) is 39.5 Å².